The van der Waals surface area contributed by atoms with E-state index in [1.165, 1.54) is 16.9 Å². The summed E-state index contributed by atoms with van der Waals surface area (Å²) in [4.78, 5) is 23.4. The number of thiophene rings is 1. The van der Waals surface area contributed by atoms with Gasteiger partial charge < -0.3 is 10.6 Å². The molecule has 2 aromatic heterocycles. The van der Waals surface area contributed by atoms with E-state index in [-0.39, 0.29) is 12.5 Å². The lowest BCUT2D eigenvalue weighted by Gasteiger charge is -2.11. The molecule has 0 saturated heterocycles. The van der Waals surface area contributed by atoms with Crippen LogP contribution in [-0.2, 0) is 17.6 Å². The van der Waals surface area contributed by atoms with Crippen LogP contribution in [0.25, 0.3) is 10.2 Å². The Morgan fingerprint density at radius 3 is 3.08 bits per heavy atom. The first-order chi connectivity index (χ1) is 12.1. The second-order valence-corrected chi connectivity index (χ2v) is 7.56. The Hall–Kier alpha value is -2.18. The molecule has 7 heteroatoms. The number of amides is 1. The van der Waals surface area contributed by atoms with Crippen molar-refractivity contribution in [3.05, 3.63) is 45.6 Å². The maximum absolute atomic E-state index is 12.3. The van der Waals surface area contributed by atoms with Crippen molar-refractivity contribution < 1.29 is 4.79 Å². The predicted molar refractivity (Wildman–Crippen MR) is 103 cm³/mol. The molecule has 1 aromatic carbocycles. The molecule has 0 aliphatic heterocycles. The van der Waals surface area contributed by atoms with Crippen LogP contribution in [0.3, 0.4) is 0 Å². The molecule has 25 heavy (non-hydrogen) atoms. The topological polar surface area (TPSA) is 66.9 Å². The van der Waals surface area contributed by atoms with E-state index in [9.17, 15) is 4.79 Å². The van der Waals surface area contributed by atoms with E-state index in [0.717, 1.165) is 40.1 Å². The minimum absolute atomic E-state index is 0.135. The van der Waals surface area contributed by atoms with E-state index < -0.39 is 0 Å². The lowest BCUT2D eigenvalue weighted by atomic mass is 10.2. The Labute approximate surface area is 154 Å². The van der Waals surface area contributed by atoms with Crippen molar-refractivity contribution in [1.82, 2.24) is 9.97 Å². The maximum atomic E-state index is 12.3. The summed E-state index contributed by atoms with van der Waals surface area (Å²) in [5.74, 6) is 0.603. The highest BCUT2D eigenvalue weighted by molar-refractivity contribution is 7.19. The van der Waals surface area contributed by atoms with Crippen LogP contribution in [0.5, 0.6) is 0 Å². The fourth-order valence-corrected chi connectivity index (χ4v) is 4.57. The first kappa shape index (κ1) is 16.3. The summed E-state index contributed by atoms with van der Waals surface area (Å²) >= 11 is 7.83. The van der Waals surface area contributed by atoms with Gasteiger partial charge in [-0.25, -0.2) is 9.97 Å². The maximum Gasteiger partial charge on any atom is 0.243 e. The number of fused-ring (bicyclic) bond motifs is 3. The number of aromatic nitrogens is 2. The summed E-state index contributed by atoms with van der Waals surface area (Å²) in [6.45, 7) is 2.02. The summed E-state index contributed by atoms with van der Waals surface area (Å²) in [5.41, 5.74) is 2.93. The van der Waals surface area contributed by atoms with E-state index in [1.54, 1.807) is 23.7 Å². The van der Waals surface area contributed by atoms with Crippen molar-refractivity contribution in [3.8, 4) is 0 Å². The smallest absolute Gasteiger partial charge is 0.243 e. The number of anilines is 2. The van der Waals surface area contributed by atoms with E-state index in [1.807, 2.05) is 19.1 Å². The van der Waals surface area contributed by atoms with Gasteiger partial charge in [-0.2, -0.15) is 0 Å². The molecule has 0 saturated carbocycles. The molecule has 4 rings (SSSR count). The van der Waals surface area contributed by atoms with Crippen LogP contribution in [0.4, 0.5) is 11.5 Å². The van der Waals surface area contributed by atoms with Crippen LogP contribution < -0.4 is 10.6 Å². The average molecular weight is 373 g/mol. The van der Waals surface area contributed by atoms with E-state index in [0.29, 0.717) is 5.02 Å². The molecule has 1 aliphatic carbocycles. The minimum Gasteiger partial charge on any atom is -0.360 e. The van der Waals surface area contributed by atoms with Gasteiger partial charge in [0.15, 0.2) is 0 Å². The zero-order valence-electron chi connectivity index (χ0n) is 13.7. The molecule has 1 aliphatic rings. The lowest BCUT2D eigenvalue weighted by Crippen LogP contribution is -2.22. The van der Waals surface area contributed by atoms with Crippen LogP contribution in [0.15, 0.2) is 24.5 Å². The Morgan fingerprint density at radius 1 is 1.32 bits per heavy atom. The van der Waals surface area contributed by atoms with Crippen molar-refractivity contribution in [1.29, 1.82) is 0 Å². The van der Waals surface area contributed by atoms with Crippen LogP contribution in [0.2, 0.25) is 5.02 Å². The Kier molecular flexibility index (Phi) is 4.31. The number of hydrogen-bond acceptors (Lipinski definition) is 5. The Bertz CT molecular complexity index is 969. The highest BCUT2D eigenvalue weighted by atomic mass is 35.5. The highest BCUT2D eigenvalue weighted by Gasteiger charge is 2.21. The number of benzene rings is 1. The average Bonchev–Trinajstić information content (AvgIpc) is 3.18. The molecule has 0 unspecified atom stereocenters. The summed E-state index contributed by atoms with van der Waals surface area (Å²) in [6.07, 6.45) is 4.91. The van der Waals surface area contributed by atoms with Crippen LogP contribution in [-0.4, -0.2) is 22.4 Å². The van der Waals surface area contributed by atoms with Gasteiger partial charge in [0, 0.05) is 15.6 Å². The molecule has 0 fully saturated rings. The molecule has 0 radical (unpaired) electrons. The van der Waals surface area contributed by atoms with Gasteiger partial charge in [-0.05, 0) is 49.4 Å². The predicted octanol–water partition coefficient (Wildman–Crippen LogP) is 4.19. The van der Waals surface area contributed by atoms with E-state index >= 15 is 0 Å². The Morgan fingerprint density at radius 2 is 2.20 bits per heavy atom. The van der Waals surface area contributed by atoms with Gasteiger partial charge in [-0.1, -0.05) is 17.7 Å². The van der Waals surface area contributed by atoms with Gasteiger partial charge in [0.05, 0.1) is 11.9 Å². The number of nitrogens with one attached hydrogen (secondary N) is 2. The van der Waals surface area contributed by atoms with Crippen molar-refractivity contribution in [2.45, 2.75) is 26.2 Å². The normalized spacial score (nSPS) is 13.0. The van der Waals surface area contributed by atoms with E-state index in [4.69, 9.17) is 11.6 Å². The number of aryl methyl sites for hydroxylation is 2. The number of hydrogen-bond donors (Lipinski definition) is 2. The molecule has 3 aromatic rings. The van der Waals surface area contributed by atoms with Gasteiger partial charge in [0.25, 0.3) is 0 Å². The van der Waals surface area contributed by atoms with Crippen molar-refractivity contribution in [3.63, 3.8) is 0 Å². The van der Waals surface area contributed by atoms with Crippen molar-refractivity contribution >= 4 is 50.6 Å². The second kappa shape index (κ2) is 6.61. The number of rotatable bonds is 4. The fourth-order valence-electron chi connectivity index (χ4n) is 3.16. The molecule has 1 amide bonds. The zero-order chi connectivity index (χ0) is 17.4. The SMILES string of the molecule is Cc1c(Cl)cccc1NC(=O)CNc1ncnc2sc3c(c12)CCC3. The number of halogens is 1. The first-order valence-corrected chi connectivity index (χ1v) is 9.37. The first-order valence-electron chi connectivity index (χ1n) is 8.17. The summed E-state index contributed by atoms with van der Waals surface area (Å²) in [5, 5.41) is 7.77. The second-order valence-electron chi connectivity index (χ2n) is 6.07. The van der Waals surface area contributed by atoms with Crippen molar-refractivity contribution in [2.24, 2.45) is 0 Å². The summed E-state index contributed by atoms with van der Waals surface area (Å²) < 4.78 is 0. The molecule has 0 bridgehead atoms. The minimum atomic E-state index is -0.135. The van der Waals surface area contributed by atoms with Gasteiger partial charge in [0.2, 0.25) is 5.91 Å². The van der Waals surface area contributed by atoms with Crippen LogP contribution in [0, 0.1) is 6.92 Å². The number of nitrogens with zero attached hydrogens (tertiary/aromatic N) is 2. The molecular formula is C18H17ClN4OS. The van der Waals surface area contributed by atoms with Crippen LogP contribution in [0.1, 0.15) is 22.4 Å². The van der Waals surface area contributed by atoms with E-state index in [2.05, 4.69) is 20.6 Å². The monoisotopic (exact) mass is 372 g/mol. The molecule has 0 atom stereocenters. The molecule has 2 N–H and O–H groups in total. The van der Waals surface area contributed by atoms with Gasteiger partial charge in [-0.15, -0.1) is 11.3 Å². The highest BCUT2D eigenvalue weighted by Crippen LogP contribution is 2.38. The molecule has 128 valence electrons. The molecule has 2 heterocycles. The number of carbonyl (C=O) groups is 1. The zero-order valence-corrected chi connectivity index (χ0v) is 15.3. The van der Waals surface area contributed by atoms with Crippen LogP contribution >= 0.6 is 22.9 Å². The third-order valence-corrected chi connectivity index (χ3v) is 6.07. The van der Waals surface area contributed by atoms with Gasteiger partial charge >= 0.3 is 0 Å². The lowest BCUT2D eigenvalue weighted by molar-refractivity contribution is -0.114. The number of carbonyl (C=O) groups excluding carboxylic acids is 1. The summed E-state index contributed by atoms with van der Waals surface area (Å²) in [7, 11) is 0. The largest absolute Gasteiger partial charge is 0.360 e. The molecule has 5 nitrogen and oxygen atoms in total. The molecule has 0 spiro atoms. The van der Waals surface area contributed by atoms with Crippen molar-refractivity contribution in [2.75, 3.05) is 17.2 Å². The van der Waals surface area contributed by atoms with Gasteiger partial charge in [-0.3, -0.25) is 4.79 Å². The quantitative estimate of drug-likeness (QED) is 0.720. The third-order valence-electron chi connectivity index (χ3n) is 4.46. The summed E-state index contributed by atoms with van der Waals surface area (Å²) in [6, 6.07) is 5.47. The standard InChI is InChI=1S/C18H17ClN4OS/c1-10-12(19)5-3-6-13(10)23-15(24)8-20-17-16-11-4-2-7-14(11)25-18(16)22-9-21-17/h3,5-6,9H,2,4,7-8H2,1H3,(H,23,24)(H,20,21,22). The fraction of sp³-hybridized carbons (Fsp3) is 0.278. The molecular weight excluding hydrogens is 356 g/mol. The van der Waals surface area contributed by atoms with Gasteiger partial charge in [0.1, 0.15) is 17.0 Å². The third kappa shape index (κ3) is 3.07. The Balaban J connectivity index is 1.51.